The first-order valence-electron chi connectivity index (χ1n) is 3.90. The molecular formula is C9H11N3. The second-order valence-electron chi connectivity index (χ2n) is 2.74. The summed E-state index contributed by atoms with van der Waals surface area (Å²) in [7, 11) is 0. The second-order valence-corrected chi connectivity index (χ2v) is 2.74. The first-order valence-corrected chi connectivity index (χ1v) is 3.90. The minimum atomic E-state index is 0.692. The quantitative estimate of drug-likeness (QED) is 0.457. The summed E-state index contributed by atoms with van der Waals surface area (Å²) in [4.78, 5) is 3.18. The van der Waals surface area contributed by atoms with Crippen molar-refractivity contribution in [2.45, 2.75) is 6.54 Å². The molecule has 3 heteroatoms. The van der Waals surface area contributed by atoms with Gasteiger partial charge in [0.25, 0.3) is 0 Å². The number of nitrogens with two attached hydrogens (primary N) is 1. The van der Waals surface area contributed by atoms with E-state index in [0.717, 1.165) is 5.52 Å². The van der Waals surface area contributed by atoms with E-state index in [1.807, 2.05) is 12.3 Å². The standard InChI is InChI=1S/C9H11N3/c10-12-6-8-3-1-2-7-4-5-11-9(7)8/h1-5,11-12H,6,10H2. The number of nitrogens with one attached hydrogen (secondary N) is 2. The van der Waals surface area contributed by atoms with Crippen LogP contribution in [0.15, 0.2) is 30.5 Å². The summed E-state index contributed by atoms with van der Waals surface area (Å²) in [5, 5.41) is 1.22. The minimum Gasteiger partial charge on any atom is -0.361 e. The van der Waals surface area contributed by atoms with Gasteiger partial charge in [0.15, 0.2) is 0 Å². The zero-order chi connectivity index (χ0) is 8.39. The molecule has 4 N–H and O–H groups in total. The molecule has 1 heterocycles. The number of para-hydroxylation sites is 1. The Bertz CT molecular complexity index is 378. The zero-order valence-corrected chi connectivity index (χ0v) is 6.67. The molecule has 1 aromatic carbocycles. The Hall–Kier alpha value is -1.32. The molecular weight excluding hydrogens is 150 g/mol. The van der Waals surface area contributed by atoms with Crippen LogP contribution in [0.5, 0.6) is 0 Å². The molecule has 0 aliphatic rings. The third kappa shape index (κ3) is 1.09. The zero-order valence-electron chi connectivity index (χ0n) is 6.67. The van der Waals surface area contributed by atoms with Crippen LogP contribution in [0.3, 0.4) is 0 Å². The van der Waals surface area contributed by atoms with Gasteiger partial charge in [0.05, 0.1) is 0 Å². The highest BCUT2D eigenvalue weighted by Gasteiger charge is 1.98. The van der Waals surface area contributed by atoms with Crippen molar-refractivity contribution in [2.75, 3.05) is 0 Å². The summed E-state index contributed by atoms with van der Waals surface area (Å²) in [6.07, 6.45) is 1.94. The lowest BCUT2D eigenvalue weighted by Gasteiger charge is -2.00. The van der Waals surface area contributed by atoms with Crippen LogP contribution >= 0.6 is 0 Å². The molecule has 0 bridgehead atoms. The molecule has 0 saturated carbocycles. The van der Waals surface area contributed by atoms with E-state index in [-0.39, 0.29) is 0 Å². The molecule has 0 atom stereocenters. The van der Waals surface area contributed by atoms with Gasteiger partial charge in [-0.1, -0.05) is 18.2 Å². The molecule has 2 rings (SSSR count). The molecule has 0 fully saturated rings. The molecule has 0 spiro atoms. The van der Waals surface area contributed by atoms with Gasteiger partial charge < -0.3 is 4.98 Å². The highest BCUT2D eigenvalue weighted by Crippen LogP contribution is 2.16. The summed E-state index contributed by atoms with van der Waals surface area (Å²) < 4.78 is 0. The average molecular weight is 161 g/mol. The fraction of sp³-hybridized carbons (Fsp3) is 0.111. The van der Waals surface area contributed by atoms with E-state index in [1.54, 1.807) is 0 Å². The van der Waals surface area contributed by atoms with Crippen molar-refractivity contribution in [3.05, 3.63) is 36.0 Å². The number of aromatic amines is 1. The second kappa shape index (κ2) is 2.97. The highest BCUT2D eigenvalue weighted by molar-refractivity contribution is 5.82. The van der Waals surface area contributed by atoms with Crippen LogP contribution in [0.2, 0.25) is 0 Å². The summed E-state index contributed by atoms with van der Waals surface area (Å²) in [6.45, 7) is 0.692. The lowest BCUT2D eigenvalue weighted by molar-refractivity contribution is 0.744. The molecule has 0 saturated heterocycles. The van der Waals surface area contributed by atoms with Crippen molar-refractivity contribution in [3.63, 3.8) is 0 Å². The van der Waals surface area contributed by atoms with Gasteiger partial charge in [-0.25, -0.2) is 0 Å². The topological polar surface area (TPSA) is 53.8 Å². The molecule has 0 aliphatic carbocycles. The molecule has 0 amide bonds. The van der Waals surface area contributed by atoms with Crippen LogP contribution in [0, 0.1) is 0 Å². The van der Waals surface area contributed by atoms with Crippen molar-refractivity contribution in [1.82, 2.24) is 10.4 Å². The molecule has 62 valence electrons. The number of hydrogen-bond acceptors (Lipinski definition) is 2. The number of fused-ring (bicyclic) bond motifs is 1. The number of rotatable bonds is 2. The fourth-order valence-electron chi connectivity index (χ4n) is 1.41. The van der Waals surface area contributed by atoms with Gasteiger partial charge in [-0.3, -0.25) is 11.3 Å². The van der Waals surface area contributed by atoms with Crippen molar-refractivity contribution >= 4 is 10.9 Å². The average Bonchev–Trinajstić information content (AvgIpc) is 2.53. The number of hydrogen-bond donors (Lipinski definition) is 3. The van der Waals surface area contributed by atoms with Crippen molar-refractivity contribution < 1.29 is 0 Å². The molecule has 2 aromatic rings. The van der Waals surface area contributed by atoms with E-state index in [1.165, 1.54) is 10.9 Å². The summed E-state index contributed by atoms with van der Waals surface area (Å²) >= 11 is 0. The van der Waals surface area contributed by atoms with Crippen molar-refractivity contribution in [3.8, 4) is 0 Å². The van der Waals surface area contributed by atoms with Crippen LogP contribution in [-0.4, -0.2) is 4.98 Å². The van der Waals surface area contributed by atoms with Gasteiger partial charge in [0, 0.05) is 18.3 Å². The number of aromatic nitrogens is 1. The van der Waals surface area contributed by atoms with Gasteiger partial charge in [0.2, 0.25) is 0 Å². The maximum Gasteiger partial charge on any atom is 0.0500 e. The van der Waals surface area contributed by atoms with Crippen LogP contribution in [-0.2, 0) is 6.54 Å². The summed E-state index contributed by atoms with van der Waals surface area (Å²) in [5.74, 6) is 5.26. The first-order chi connectivity index (χ1) is 5.92. The molecule has 0 unspecified atom stereocenters. The molecule has 3 nitrogen and oxygen atoms in total. The van der Waals surface area contributed by atoms with Gasteiger partial charge in [-0.15, -0.1) is 0 Å². The number of benzene rings is 1. The van der Waals surface area contributed by atoms with Crippen molar-refractivity contribution in [2.24, 2.45) is 5.84 Å². The van der Waals surface area contributed by atoms with Crippen LogP contribution in [0.1, 0.15) is 5.56 Å². The first kappa shape index (κ1) is 7.34. The SMILES string of the molecule is NNCc1cccc2cc[nH]c12. The molecule has 0 aliphatic heterocycles. The lowest BCUT2D eigenvalue weighted by atomic mass is 10.1. The van der Waals surface area contributed by atoms with Gasteiger partial charge >= 0.3 is 0 Å². The molecule has 0 radical (unpaired) electrons. The number of hydrazine groups is 1. The van der Waals surface area contributed by atoms with Gasteiger partial charge in [-0.05, 0) is 17.0 Å². The number of H-pyrrole nitrogens is 1. The van der Waals surface area contributed by atoms with E-state index in [4.69, 9.17) is 5.84 Å². The smallest absolute Gasteiger partial charge is 0.0500 e. The van der Waals surface area contributed by atoms with Crippen molar-refractivity contribution in [1.29, 1.82) is 0 Å². The Kier molecular flexibility index (Phi) is 1.81. The van der Waals surface area contributed by atoms with E-state index in [9.17, 15) is 0 Å². The van der Waals surface area contributed by atoms with Crippen LogP contribution in [0.4, 0.5) is 0 Å². The van der Waals surface area contributed by atoms with E-state index in [0.29, 0.717) is 6.54 Å². The highest BCUT2D eigenvalue weighted by atomic mass is 15.2. The van der Waals surface area contributed by atoms with Crippen LogP contribution < -0.4 is 11.3 Å². The van der Waals surface area contributed by atoms with Crippen LogP contribution in [0.25, 0.3) is 10.9 Å². The minimum absolute atomic E-state index is 0.692. The summed E-state index contributed by atoms with van der Waals surface area (Å²) in [5.41, 5.74) is 5.00. The van der Waals surface area contributed by atoms with Gasteiger partial charge in [-0.2, -0.15) is 0 Å². The molecule has 12 heavy (non-hydrogen) atoms. The predicted molar refractivity (Wildman–Crippen MR) is 49.3 cm³/mol. The Balaban J connectivity index is 2.57. The lowest BCUT2D eigenvalue weighted by Crippen LogP contribution is -2.20. The largest absolute Gasteiger partial charge is 0.361 e. The predicted octanol–water partition coefficient (Wildman–Crippen LogP) is 1.13. The third-order valence-electron chi connectivity index (χ3n) is 1.97. The Morgan fingerprint density at radius 2 is 2.25 bits per heavy atom. The Labute approximate surface area is 70.5 Å². The Morgan fingerprint density at radius 1 is 1.33 bits per heavy atom. The molecule has 1 aromatic heterocycles. The van der Waals surface area contributed by atoms with E-state index >= 15 is 0 Å². The summed E-state index contributed by atoms with van der Waals surface area (Å²) in [6, 6.07) is 8.21. The fourth-order valence-corrected chi connectivity index (χ4v) is 1.41. The Morgan fingerprint density at radius 3 is 3.08 bits per heavy atom. The monoisotopic (exact) mass is 161 g/mol. The normalized spacial score (nSPS) is 10.8. The van der Waals surface area contributed by atoms with E-state index < -0.39 is 0 Å². The maximum atomic E-state index is 5.26. The maximum absolute atomic E-state index is 5.26. The van der Waals surface area contributed by atoms with E-state index in [2.05, 4.69) is 28.6 Å². The van der Waals surface area contributed by atoms with Gasteiger partial charge in [0.1, 0.15) is 0 Å². The third-order valence-corrected chi connectivity index (χ3v) is 1.97.